The zero-order chi connectivity index (χ0) is 18.6. The van der Waals surface area contributed by atoms with Crippen LogP contribution in [0.5, 0.6) is 11.5 Å². The minimum Gasteiger partial charge on any atom is -0.497 e. The molecule has 2 aromatic rings. The van der Waals surface area contributed by atoms with E-state index in [0.29, 0.717) is 22.7 Å². The predicted octanol–water partition coefficient (Wildman–Crippen LogP) is 2.21. The number of ether oxygens (including phenoxy) is 2. The topological polar surface area (TPSA) is 84.9 Å². The van der Waals surface area contributed by atoms with Crippen molar-refractivity contribution in [3.63, 3.8) is 0 Å². The van der Waals surface area contributed by atoms with Gasteiger partial charge in [-0.05, 0) is 42.5 Å². The summed E-state index contributed by atoms with van der Waals surface area (Å²) in [7, 11) is 2.39. The summed E-state index contributed by atoms with van der Waals surface area (Å²) in [4.78, 5) is 12.6. The number of hydrogen-bond acceptors (Lipinski definition) is 5. The molecule has 8 heteroatoms. The molecule has 0 aliphatic carbocycles. The maximum absolute atomic E-state index is 12.5. The second-order valence-electron chi connectivity index (χ2n) is 5.33. The van der Waals surface area contributed by atoms with E-state index in [4.69, 9.17) is 9.47 Å². The van der Waals surface area contributed by atoms with Crippen molar-refractivity contribution in [2.24, 2.45) is 0 Å². The monoisotopic (exact) mass is 364 g/mol. The van der Waals surface area contributed by atoms with Crippen molar-refractivity contribution in [1.82, 2.24) is 4.31 Å². The summed E-state index contributed by atoms with van der Waals surface area (Å²) in [5.74, 6) is 0.544. The molecule has 0 unspecified atom stereocenters. The second-order valence-corrected chi connectivity index (χ2v) is 7.48. The SMILES string of the molecule is COc1ccc(OC)c(C(=O)Nc2ccc(S(=O)(=O)N(C)C)cc2)c1. The molecule has 0 fully saturated rings. The van der Waals surface area contributed by atoms with E-state index in [2.05, 4.69) is 5.32 Å². The number of methoxy groups -OCH3 is 2. The molecule has 0 saturated carbocycles. The first-order valence-electron chi connectivity index (χ1n) is 7.35. The summed E-state index contributed by atoms with van der Waals surface area (Å²) < 4.78 is 35.5. The van der Waals surface area contributed by atoms with Crippen LogP contribution in [-0.4, -0.2) is 46.9 Å². The number of carbonyl (C=O) groups is 1. The number of rotatable bonds is 6. The molecule has 0 saturated heterocycles. The van der Waals surface area contributed by atoms with Gasteiger partial charge in [0.05, 0.1) is 24.7 Å². The highest BCUT2D eigenvalue weighted by atomic mass is 32.2. The first-order chi connectivity index (χ1) is 11.8. The van der Waals surface area contributed by atoms with Crippen LogP contribution in [0, 0.1) is 0 Å². The molecule has 134 valence electrons. The molecule has 1 N–H and O–H groups in total. The van der Waals surface area contributed by atoms with E-state index < -0.39 is 10.0 Å². The summed E-state index contributed by atoms with van der Waals surface area (Å²) in [6, 6.07) is 10.8. The number of anilines is 1. The van der Waals surface area contributed by atoms with Crippen LogP contribution in [-0.2, 0) is 10.0 Å². The molecule has 0 atom stereocenters. The van der Waals surface area contributed by atoms with Crippen LogP contribution in [0.15, 0.2) is 47.4 Å². The zero-order valence-corrected chi connectivity index (χ0v) is 15.3. The van der Waals surface area contributed by atoms with Crippen LogP contribution in [0.2, 0.25) is 0 Å². The van der Waals surface area contributed by atoms with Crippen LogP contribution >= 0.6 is 0 Å². The second kappa shape index (κ2) is 7.54. The number of hydrogen-bond donors (Lipinski definition) is 1. The molecule has 25 heavy (non-hydrogen) atoms. The number of nitrogens with one attached hydrogen (secondary N) is 1. The fourth-order valence-corrected chi connectivity index (χ4v) is 3.01. The number of nitrogens with zero attached hydrogens (tertiary/aromatic N) is 1. The van der Waals surface area contributed by atoms with Gasteiger partial charge in [-0.2, -0.15) is 0 Å². The van der Waals surface area contributed by atoms with Crippen LogP contribution in [0.4, 0.5) is 5.69 Å². The molecule has 7 nitrogen and oxygen atoms in total. The average molecular weight is 364 g/mol. The lowest BCUT2D eigenvalue weighted by atomic mass is 10.1. The third kappa shape index (κ3) is 4.09. The fraction of sp³-hybridized carbons (Fsp3) is 0.235. The molecule has 0 radical (unpaired) electrons. The number of amides is 1. The number of carbonyl (C=O) groups excluding carboxylic acids is 1. The summed E-state index contributed by atoms with van der Waals surface area (Å²) >= 11 is 0. The largest absolute Gasteiger partial charge is 0.497 e. The van der Waals surface area contributed by atoms with E-state index in [1.165, 1.54) is 52.6 Å². The number of benzene rings is 2. The lowest BCUT2D eigenvalue weighted by Gasteiger charge is -2.13. The molecule has 0 spiro atoms. The van der Waals surface area contributed by atoms with E-state index in [-0.39, 0.29) is 10.8 Å². The average Bonchev–Trinajstić information content (AvgIpc) is 2.61. The standard InChI is InChI=1S/C17H20N2O5S/c1-19(2)25(21,22)14-8-5-12(6-9-14)18-17(20)15-11-13(23-3)7-10-16(15)24-4/h5-11H,1-4H3,(H,18,20). The molecule has 0 aromatic heterocycles. The molecule has 0 aliphatic rings. The van der Waals surface area contributed by atoms with Gasteiger partial charge < -0.3 is 14.8 Å². The van der Waals surface area contributed by atoms with Gasteiger partial charge in [0.1, 0.15) is 11.5 Å². The van der Waals surface area contributed by atoms with Gasteiger partial charge in [0, 0.05) is 19.8 Å². The van der Waals surface area contributed by atoms with E-state index in [0.717, 1.165) is 4.31 Å². The molecule has 0 bridgehead atoms. The highest BCUT2D eigenvalue weighted by molar-refractivity contribution is 7.89. The Labute approximate surface area is 147 Å². The lowest BCUT2D eigenvalue weighted by molar-refractivity contribution is 0.102. The maximum Gasteiger partial charge on any atom is 0.259 e. The van der Waals surface area contributed by atoms with Crippen molar-refractivity contribution in [2.45, 2.75) is 4.90 Å². The van der Waals surface area contributed by atoms with Crippen molar-refractivity contribution in [1.29, 1.82) is 0 Å². The van der Waals surface area contributed by atoms with Gasteiger partial charge in [-0.3, -0.25) is 4.79 Å². The highest BCUT2D eigenvalue weighted by Crippen LogP contribution is 2.25. The van der Waals surface area contributed by atoms with Gasteiger partial charge >= 0.3 is 0 Å². The lowest BCUT2D eigenvalue weighted by Crippen LogP contribution is -2.22. The Morgan fingerprint density at radius 1 is 1.00 bits per heavy atom. The van der Waals surface area contributed by atoms with Crippen LogP contribution in [0.1, 0.15) is 10.4 Å². The van der Waals surface area contributed by atoms with Gasteiger partial charge in [-0.15, -0.1) is 0 Å². The van der Waals surface area contributed by atoms with Crippen LogP contribution in [0.25, 0.3) is 0 Å². The van der Waals surface area contributed by atoms with Gasteiger partial charge in [0.2, 0.25) is 10.0 Å². The highest BCUT2D eigenvalue weighted by Gasteiger charge is 2.18. The van der Waals surface area contributed by atoms with Gasteiger partial charge in [-0.25, -0.2) is 12.7 Å². The van der Waals surface area contributed by atoms with E-state index >= 15 is 0 Å². The van der Waals surface area contributed by atoms with E-state index in [1.807, 2.05) is 0 Å². The molecule has 0 heterocycles. The Bertz CT molecular complexity index is 861. The maximum atomic E-state index is 12.5. The van der Waals surface area contributed by atoms with Gasteiger partial charge in [0.25, 0.3) is 5.91 Å². The Kier molecular flexibility index (Phi) is 5.66. The van der Waals surface area contributed by atoms with Crippen LogP contribution < -0.4 is 14.8 Å². The minimum atomic E-state index is -3.51. The van der Waals surface area contributed by atoms with Crippen molar-refractivity contribution in [3.05, 3.63) is 48.0 Å². The third-order valence-electron chi connectivity index (χ3n) is 3.54. The quantitative estimate of drug-likeness (QED) is 0.849. The summed E-state index contributed by atoms with van der Waals surface area (Å²) in [6.45, 7) is 0. The smallest absolute Gasteiger partial charge is 0.259 e. The zero-order valence-electron chi connectivity index (χ0n) is 14.4. The Morgan fingerprint density at radius 2 is 1.64 bits per heavy atom. The Balaban J connectivity index is 2.24. The molecular weight excluding hydrogens is 344 g/mol. The first kappa shape index (κ1) is 18.8. The predicted molar refractivity (Wildman–Crippen MR) is 94.8 cm³/mol. The summed E-state index contributed by atoms with van der Waals surface area (Å²) in [6.07, 6.45) is 0. The summed E-state index contributed by atoms with van der Waals surface area (Å²) in [5, 5.41) is 2.71. The molecule has 2 rings (SSSR count). The first-order valence-corrected chi connectivity index (χ1v) is 8.79. The van der Waals surface area contributed by atoms with Crippen molar-refractivity contribution >= 4 is 21.6 Å². The molecule has 0 aliphatic heterocycles. The third-order valence-corrected chi connectivity index (χ3v) is 5.37. The Hall–Kier alpha value is -2.58. The summed E-state index contributed by atoms with van der Waals surface area (Å²) in [5.41, 5.74) is 0.777. The van der Waals surface area contributed by atoms with E-state index in [9.17, 15) is 13.2 Å². The minimum absolute atomic E-state index is 0.148. The normalized spacial score (nSPS) is 11.2. The Morgan fingerprint density at radius 3 is 2.16 bits per heavy atom. The van der Waals surface area contributed by atoms with Crippen molar-refractivity contribution in [2.75, 3.05) is 33.6 Å². The van der Waals surface area contributed by atoms with Gasteiger partial charge in [0.15, 0.2) is 0 Å². The molecule has 2 aromatic carbocycles. The fourth-order valence-electron chi connectivity index (χ4n) is 2.11. The molecular formula is C17H20N2O5S. The van der Waals surface area contributed by atoms with E-state index in [1.54, 1.807) is 18.2 Å². The van der Waals surface area contributed by atoms with Gasteiger partial charge in [-0.1, -0.05) is 0 Å². The van der Waals surface area contributed by atoms with Crippen molar-refractivity contribution in [3.8, 4) is 11.5 Å². The molecule has 1 amide bonds. The van der Waals surface area contributed by atoms with Crippen molar-refractivity contribution < 1.29 is 22.7 Å². The van der Waals surface area contributed by atoms with Crippen LogP contribution in [0.3, 0.4) is 0 Å². The number of sulfonamides is 1.